The van der Waals surface area contributed by atoms with Crippen molar-refractivity contribution in [3.63, 3.8) is 0 Å². The molecule has 0 radical (unpaired) electrons. The number of hydrogen-bond donors (Lipinski definition) is 2. The fourth-order valence-corrected chi connectivity index (χ4v) is 2.70. The van der Waals surface area contributed by atoms with Gasteiger partial charge in [-0.3, -0.25) is 0 Å². The van der Waals surface area contributed by atoms with E-state index in [0.717, 1.165) is 50.3 Å². The SMILES string of the molecule is CCOCCCNC(N)=NCc1ccccc1OC1CCCC1.I. The van der Waals surface area contributed by atoms with Gasteiger partial charge in [-0.05, 0) is 45.1 Å². The van der Waals surface area contributed by atoms with Crippen molar-refractivity contribution in [2.75, 3.05) is 19.8 Å². The average molecular weight is 447 g/mol. The monoisotopic (exact) mass is 447 g/mol. The number of nitrogens with two attached hydrogens (primary N) is 1. The van der Waals surface area contributed by atoms with Crippen LogP contribution in [0.15, 0.2) is 29.3 Å². The molecule has 6 heteroatoms. The Balaban J connectivity index is 0.00000288. The molecule has 0 aliphatic heterocycles. The lowest BCUT2D eigenvalue weighted by atomic mass is 10.2. The summed E-state index contributed by atoms with van der Waals surface area (Å²) in [5.41, 5.74) is 6.99. The fraction of sp³-hybridized carbons (Fsp3) is 0.611. The molecular formula is C18H30IN3O2. The summed E-state index contributed by atoms with van der Waals surface area (Å²) in [6, 6.07) is 8.09. The van der Waals surface area contributed by atoms with E-state index in [1.807, 2.05) is 25.1 Å². The molecule has 136 valence electrons. The Labute approximate surface area is 162 Å². The summed E-state index contributed by atoms with van der Waals surface area (Å²) in [5.74, 6) is 1.41. The van der Waals surface area contributed by atoms with E-state index in [1.165, 1.54) is 12.8 Å². The number of benzene rings is 1. The molecule has 5 nitrogen and oxygen atoms in total. The molecule has 0 heterocycles. The van der Waals surface area contributed by atoms with Crippen LogP contribution in [-0.4, -0.2) is 31.8 Å². The molecule has 24 heavy (non-hydrogen) atoms. The molecule has 1 aliphatic rings. The van der Waals surface area contributed by atoms with Crippen molar-refractivity contribution in [1.29, 1.82) is 0 Å². The highest BCUT2D eigenvalue weighted by Gasteiger charge is 2.17. The van der Waals surface area contributed by atoms with Crippen LogP contribution in [0, 0.1) is 0 Å². The first kappa shape index (κ1) is 21.0. The van der Waals surface area contributed by atoms with Crippen LogP contribution in [0.5, 0.6) is 5.75 Å². The van der Waals surface area contributed by atoms with Gasteiger partial charge in [-0.2, -0.15) is 0 Å². The van der Waals surface area contributed by atoms with Crippen LogP contribution < -0.4 is 15.8 Å². The minimum Gasteiger partial charge on any atom is -0.490 e. The van der Waals surface area contributed by atoms with Crippen molar-refractivity contribution in [1.82, 2.24) is 5.32 Å². The van der Waals surface area contributed by atoms with Crippen LogP contribution in [0.1, 0.15) is 44.6 Å². The third-order valence-corrected chi connectivity index (χ3v) is 3.96. The normalized spacial score (nSPS) is 15.1. The number of nitrogens with zero attached hydrogens (tertiary/aromatic N) is 1. The van der Waals surface area contributed by atoms with Gasteiger partial charge in [-0.15, -0.1) is 24.0 Å². The molecular weight excluding hydrogens is 417 g/mol. The number of ether oxygens (including phenoxy) is 2. The van der Waals surface area contributed by atoms with Gasteiger partial charge in [0.25, 0.3) is 0 Å². The Morgan fingerprint density at radius 3 is 2.79 bits per heavy atom. The van der Waals surface area contributed by atoms with Gasteiger partial charge in [0.15, 0.2) is 5.96 Å². The van der Waals surface area contributed by atoms with Gasteiger partial charge in [0, 0.05) is 25.3 Å². The number of para-hydroxylation sites is 1. The quantitative estimate of drug-likeness (QED) is 0.263. The first-order valence-electron chi connectivity index (χ1n) is 8.65. The van der Waals surface area contributed by atoms with Crippen molar-refractivity contribution in [2.24, 2.45) is 10.7 Å². The average Bonchev–Trinajstić information content (AvgIpc) is 3.07. The number of halogens is 1. The molecule has 0 amide bonds. The zero-order valence-electron chi connectivity index (χ0n) is 14.5. The molecule has 1 aromatic carbocycles. The Kier molecular flexibility index (Phi) is 10.8. The van der Waals surface area contributed by atoms with Crippen molar-refractivity contribution in [3.05, 3.63) is 29.8 Å². The van der Waals surface area contributed by atoms with Crippen molar-refractivity contribution in [3.8, 4) is 5.75 Å². The van der Waals surface area contributed by atoms with Gasteiger partial charge < -0.3 is 20.5 Å². The lowest BCUT2D eigenvalue weighted by molar-refractivity contribution is 0.145. The number of nitrogens with one attached hydrogen (secondary N) is 1. The van der Waals surface area contributed by atoms with Gasteiger partial charge in [0.2, 0.25) is 0 Å². The fourth-order valence-electron chi connectivity index (χ4n) is 2.70. The maximum absolute atomic E-state index is 6.12. The second kappa shape index (κ2) is 12.4. The number of guanidine groups is 1. The van der Waals surface area contributed by atoms with Crippen LogP contribution >= 0.6 is 24.0 Å². The molecule has 0 unspecified atom stereocenters. The zero-order valence-corrected chi connectivity index (χ0v) is 16.8. The van der Waals surface area contributed by atoms with Gasteiger partial charge >= 0.3 is 0 Å². The standard InChI is InChI=1S/C18H29N3O2.HI/c1-2-22-13-7-12-20-18(19)21-14-15-8-3-6-11-17(15)23-16-9-4-5-10-16;/h3,6,8,11,16H,2,4-5,7,9-10,12-14H2,1H3,(H3,19,20,21);1H. The molecule has 0 aromatic heterocycles. The summed E-state index contributed by atoms with van der Waals surface area (Å²) in [4.78, 5) is 4.41. The highest BCUT2D eigenvalue weighted by atomic mass is 127. The third-order valence-electron chi connectivity index (χ3n) is 3.96. The molecule has 1 aromatic rings. The predicted octanol–water partition coefficient (Wildman–Crippen LogP) is 3.46. The molecule has 0 atom stereocenters. The molecule has 2 rings (SSSR count). The van der Waals surface area contributed by atoms with Crippen LogP contribution in [0.25, 0.3) is 0 Å². The first-order valence-corrected chi connectivity index (χ1v) is 8.65. The topological polar surface area (TPSA) is 68.9 Å². The second-order valence-electron chi connectivity index (χ2n) is 5.81. The highest BCUT2D eigenvalue weighted by Crippen LogP contribution is 2.26. The van der Waals surface area contributed by atoms with Gasteiger partial charge in [0.05, 0.1) is 12.6 Å². The number of rotatable bonds is 9. The van der Waals surface area contributed by atoms with E-state index in [1.54, 1.807) is 0 Å². The number of aliphatic imine (C=N–C) groups is 1. The van der Waals surface area contributed by atoms with Gasteiger partial charge in [-0.1, -0.05) is 18.2 Å². The summed E-state index contributed by atoms with van der Waals surface area (Å²) in [6.45, 7) is 4.80. The van der Waals surface area contributed by atoms with E-state index in [2.05, 4.69) is 16.4 Å². The van der Waals surface area contributed by atoms with E-state index in [9.17, 15) is 0 Å². The molecule has 0 bridgehead atoms. The van der Waals surface area contributed by atoms with Crippen molar-refractivity contribution < 1.29 is 9.47 Å². The lowest BCUT2D eigenvalue weighted by Crippen LogP contribution is -2.32. The third kappa shape index (κ3) is 7.70. The summed E-state index contributed by atoms with van der Waals surface area (Å²) in [5, 5.41) is 3.11. The molecule has 0 saturated heterocycles. The maximum Gasteiger partial charge on any atom is 0.188 e. The minimum atomic E-state index is 0. The van der Waals surface area contributed by atoms with Crippen LogP contribution in [0.4, 0.5) is 0 Å². The Hall–Kier alpha value is -1.02. The summed E-state index contributed by atoms with van der Waals surface area (Å²) in [7, 11) is 0. The first-order chi connectivity index (χ1) is 11.3. The highest BCUT2D eigenvalue weighted by molar-refractivity contribution is 14.0. The Morgan fingerprint density at radius 2 is 2.04 bits per heavy atom. The zero-order chi connectivity index (χ0) is 16.3. The van der Waals surface area contributed by atoms with Crippen LogP contribution in [0.3, 0.4) is 0 Å². The summed E-state index contributed by atoms with van der Waals surface area (Å²) >= 11 is 0. The van der Waals surface area contributed by atoms with E-state index < -0.39 is 0 Å². The van der Waals surface area contributed by atoms with E-state index >= 15 is 0 Å². The van der Waals surface area contributed by atoms with Gasteiger partial charge in [-0.25, -0.2) is 4.99 Å². The molecule has 0 spiro atoms. The van der Waals surface area contributed by atoms with Crippen molar-refractivity contribution >= 4 is 29.9 Å². The largest absolute Gasteiger partial charge is 0.490 e. The van der Waals surface area contributed by atoms with Crippen LogP contribution in [0.2, 0.25) is 0 Å². The molecule has 3 N–H and O–H groups in total. The Morgan fingerprint density at radius 1 is 1.29 bits per heavy atom. The van der Waals surface area contributed by atoms with E-state index in [0.29, 0.717) is 18.6 Å². The minimum absolute atomic E-state index is 0. The molecule has 1 saturated carbocycles. The summed E-state index contributed by atoms with van der Waals surface area (Å²) in [6.07, 6.45) is 6.12. The van der Waals surface area contributed by atoms with Gasteiger partial charge in [0.1, 0.15) is 5.75 Å². The smallest absolute Gasteiger partial charge is 0.188 e. The predicted molar refractivity (Wildman–Crippen MR) is 109 cm³/mol. The lowest BCUT2D eigenvalue weighted by Gasteiger charge is -2.15. The Bertz CT molecular complexity index is 491. The van der Waals surface area contributed by atoms with Crippen molar-refractivity contribution in [2.45, 2.75) is 51.7 Å². The molecule has 1 fully saturated rings. The van der Waals surface area contributed by atoms with E-state index in [-0.39, 0.29) is 24.0 Å². The second-order valence-corrected chi connectivity index (χ2v) is 5.81. The van der Waals surface area contributed by atoms with E-state index in [4.69, 9.17) is 15.2 Å². The molecule has 1 aliphatic carbocycles. The summed E-state index contributed by atoms with van der Waals surface area (Å²) < 4.78 is 11.4. The maximum atomic E-state index is 6.12. The van der Waals surface area contributed by atoms with Crippen LogP contribution in [-0.2, 0) is 11.3 Å². The number of hydrogen-bond acceptors (Lipinski definition) is 3.